The molecule has 0 aliphatic carbocycles. The summed E-state index contributed by atoms with van der Waals surface area (Å²) in [4.78, 5) is 31.8. The number of anilines is 1. The number of aromatic nitrogens is 3. The fourth-order valence-corrected chi connectivity index (χ4v) is 3.70. The molecule has 1 aliphatic heterocycles. The Bertz CT molecular complexity index is 798. The zero-order valence-corrected chi connectivity index (χ0v) is 15.6. The van der Waals surface area contributed by atoms with Crippen molar-refractivity contribution in [2.45, 2.75) is 39.3 Å². The van der Waals surface area contributed by atoms with Gasteiger partial charge in [0.2, 0.25) is 0 Å². The van der Waals surface area contributed by atoms with Crippen LogP contribution in [0.4, 0.5) is 10.6 Å². The molecule has 8 nitrogen and oxygen atoms in total. The minimum Gasteiger partial charge on any atom is -0.329 e. The standard InChI is InChI=1S/C16H22N6O2S/c1-9-7-13(21(4)20-9)22-6-5-12(15(22)23)19-16(24)18-11(3)14-17-8-10(2)25-14/h7-8,11-12H,5-6H2,1-4H3,(H2,18,19,24). The number of nitrogens with zero attached hydrogens (tertiary/aromatic N) is 4. The highest BCUT2D eigenvalue weighted by Gasteiger charge is 2.35. The van der Waals surface area contributed by atoms with Crippen LogP contribution in [-0.2, 0) is 11.8 Å². The van der Waals surface area contributed by atoms with Crippen LogP contribution in [0.25, 0.3) is 0 Å². The van der Waals surface area contributed by atoms with E-state index in [1.807, 2.05) is 26.8 Å². The lowest BCUT2D eigenvalue weighted by molar-refractivity contribution is -0.118. The molecule has 1 fully saturated rings. The number of amides is 3. The third kappa shape index (κ3) is 3.65. The minimum atomic E-state index is -0.527. The van der Waals surface area contributed by atoms with E-state index in [2.05, 4.69) is 20.7 Å². The van der Waals surface area contributed by atoms with Crippen molar-refractivity contribution in [1.29, 1.82) is 0 Å². The van der Waals surface area contributed by atoms with E-state index in [1.54, 1.807) is 34.2 Å². The van der Waals surface area contributed by atoms with E-state index in [4.69, 9.17) is 0 Å². The molecule has 134 valence electrons. The average Bonchev–Trinajstić information content (AvgIpc) is 3.20. The predicted octanol–water partition coefficient (Wildman–Crippen LogP) is 1.66. The monoisotopic (exact) mass is 362 g/mol. The Morgan fingerprint density at radius 1 is 1.44 bits per heavy atom. The summed E-state index contributed by atoms with van der Waals surface area (Å²) in [6, 6.07) is 0.779. The topological polar surface area (TPSA) is 92.2 Å². The zero-order chi connectivity index (χ0) is 18.1. The average molecular weight is 362 g/mol. The summed E-state index contributed by atoms with van der Waals surface area (Å²) in [7, 11) is 1.81. The van der Waals surface area contributed by atoms with E-state index in [9.17, 15) is 9.59 Å². The van der Waals surface area contributed by atoms with Crippen LogP contribution >= 0.6 is 11.3 Å². The van der Waals surface area contributed by atoms with Gasteiger partial charge in [0.15, 0.2) is 0 Å². The first kappa shape index (κ1) is 17.4. The van der Waals surface area contributed by atoms with Gasteiger partial charge in [-0.2, -0.15) is 5.10 Å². The molecular weight excluding hydrogens is 340 g/mol. The van der Waals surface area contributed by atoms with Gasteiger partial charge < -0.3 is 10.6 Å². The Kier molecular flexibility index (Phi) is 4.76. The van der Waals surface area contributed by atoms with Crippen LogP contribution < -0.4 is 15.5 Å². The first-order chi connectivity index (χ1) is 11.8. The summed E-state index contributed by atoms with van der Waals surface area (Å²) in [5.74, 6) is 0.634. The van der Waals surface area contributed by atoms with Crippen LogP contribution in [0.2, 0.25) is 0 Å². The van der Waals surface area contributed by atoms with Crippen molar-refractivity contribution in [1.82, 2.24) is 25.4 Å². The van der Waals surface area contributed by atoms with E-state index in [1.165, 1.54) is 0 Å². The lowest BCUT2D eigenvalue weighted by atomic mass is 10.2. The van der Waals surface area contributed by atoms with Gasteiger partial charge in [0.1, 0.15) is 16.9 Å². The van der Waals surface area contributed by atoms with Gasteiger partial charge in [0.25, 0.3) is 5.91 Å². The second-order valence-corrected chi connectivity index (χ2v) is 7.51. The number of aryl methyl sites for hydroxylation is 3. The Hall–Kier alpha value is -2.42. The zero-order valence-electron chi connectivity index (χ0n) is 14.7. The number of hydrogen-bond donors (Lipinski definition) is 2. The normalized spacial score (nSPS) is 18.5. The number of carbonyl (C=O) groups excluding carboxylic acids is 2. The maximum absolute atomic E-state index is 12.6. The van der Waals surface area contributed by atoms with Crippen molar-refractivity contribution in [3.63, 3.8) is 0 Å². The number of hydrogen-bond acceptors (Lipinski definition) is 5. The first-order valence-electron chi connectivity index (χ1n) is 8.16. The summed E-state index contributed by atoms with van der Waals surface area (Å²) in [6.45, 7) is 6.29. The lowest BCUT2D eigenvalue weighted by Gasteiger charge is -2.18. The minimum absolute atomic E-state index is 0.115. The van der Waals surface area contributed by atoms with E-state index >= 15 is 0 Å². The molecule has 3 heterocycles. The molecule has 25 heavy (non-hydrogen) atoms. The highest BCUT2D eigenvalue weighted by atomic mass is 32.1. The van der Waals surface area contributed by atoms with Gasteiger partial charge in [0.05, 0.1) is 11.7 Å². The van der Waals surface area contributed by atoms with E-state index < -0.39 is 6.04 Å². The van der Waals surface area contributed by atoms with Gasteiger partial charge in [-0.05, 0) is 27.2 Å². The van der Waals surface area contributed by atoms with Crippen molar-refractivity contribution < 1.29 is 9.59 Å². The Balaban J connectivity index is 1.59. The quantitative estimate of drug-likeness (QED) is 0.865. The van der Waals surface area contributed by atoms with Crippen LogP contribution in [0.3, 0.4) is 0 Å². The van der Waals surface area contributed by atoms with Crippen LogP contribution in [0, 0.1) is 13.8 Å². The molecule has 2 atom stereocenters. The number of nitrogens with one attached hydrogen (secondary N) is 2. The maximum atomic E-state index is 12.6. The highest BCUT2D eigenvalue weighted by molar-refractivity contribution is 7.11. The largest absolute Gasteiger partial charge is 0.329 e. The molecule has 0 radical (unpaired) electrons. The van der Waals surface area contributed by atoms with E-state index in [0.717, 1.165) is 21.4 Å². The molecule has 2 N–H and O–H groups in total. The smallest absolute Gasteiger partial charge is 0.315 e. The van der Waals surface area contributed by atoms with Gasteiger partial charge in [0, 0.05) is 30.7 Å². The van der Waals surface area contributed by atoms with Crippen LogP contribution in [0.5, 0.6) is 0 Å². The van der Waals surface area contributed by atoms with E-state index in [-0.39, 0.29) is 18.0 Å². The summed E-state index contributed by atoms with van der Waals surface area (Å²) in [5.41, 5.74) is 0.854. The SMILES string of the molecule is Cc1cc(N2CCC(NC(=O)NC(C)c3ncc(C)s3)C2=O)n(C)n1. The van der Waals surface area contributed by atoms with E-state index in [0.29, 0.717) is 13.0 Å². The molecule has 2 unspecified atom stereocenters. The summed E-state index contributed by atoms with van der Waals surface area (Å²) in [5, 5.41) is 10.7. The molecule has 1 saturated heterocycles. The summed E-state index contributed by atoms with van der Waals surface area (Å²) >= 11 is 1.54. The molecule has 3 amide bonds. The molecule has 2 aromatic rings. The molecule has 0 spiro atoms. The molecule has 0 saturated carbocycles. The van der Waals surface area contributed by atoms with Crippen molar-refractivity contribution in [3.8, 4) is 0 Å². The summed E-state index contributed by atoms with van der Waals surface area (Å²) in [6.07, 6.45) is 2.35. The van der Waals surface area contributed by atoms with Crippen molar-refractivity contribution in [2.24, 2.45) is 7.05 Å². The Morgan fingerprint density at radius 3 is 2.80 bits per heavy atom. The first-order valence-corrected chi connectivity index (χ1v) is 8.98. The summed E-state index contributed by atoms with van der Waals surface area (Å²) < 4.78 is 1.68. The fraction of sp³-hybridized carbons (Fsp3) is 0.500. The van der Waals surface area contributed by atoms with Gasteiger partial charge in [-0.1, -0.05) is 0 Å². The second-order valence-electron chi connectivity index (χ2n) is 6.25. The van der Waals surface area contributed by atoms with Gasteiger partial charge in [-0.25, -0.2) is 9.78 Å². The number of carbonyl (C=O) groups is 2. The molecule has 0 aromatic carbocycles. The number of thiazole rings is 1. The lowest BCUT2D eigenvalue weighted by Crippen LogP contribution is -2.46. The third-order valence-electron chi connectivity index (χ3n) is 4.12. The molecule has 9 heteroatoms. The highest BCUT2D eigenvalue weighted by Crippen LogP contribution is 2.22. The van der Waals surface area contributed by atoms with Crippen LogP contribution in [-0.4, -0.2) is 39.3 Å². The van der Waals surface area contributed by atoms with Crippen molar-refractivity contribution >= 4 is 29.1 Å². The fourth-order valence-electron chi connectivity index (χ4n) is 2.92. The Labute approximate surface area is 150 Å². The number of urea groups is 1. The van der Waals surface area contributed by atoms with Gasteiger partial charge in [-0.3, -0.25) is 14.4 Å². The Morgan fingerprint density at radius 2 is 2.20 bits per heavy atom. The van der Waals surface area contributed by atoms with Crippen LogP contribution in [0.1, 0.15) is 35.0 Å². The van der Waals surface area contributed by atoms with Crippen molar-refractivity contribution in [2.75, 3.05) is 11.4 Å². The predicted molar refractivity (Wildman–Crippen MR) is 95.6 cm³/mol. The van der Waals surface area contributed by atoms with Gasteiger partial charge in [-0.15, -0.1) is 11.3 Å². The number of rotatable bonds is 4. The maximum Gasteiger partial charge on any atom is 0.315 e. The molecule has 2 aromatic heterocycles. The van der Waals surface area contributed by atoms with Crippen LogP contribution in [0.15, 0.2) is 12.3 Å². The molecular formula is C16H22N6O2S. The van der Waals surface area contributed by atoms with Crippen molar-refractivity contribution in [3.05, 3.63) is 27.8 Å². The molecule has 1 aliphatic rings. The molecule has 3 rings (SSSR count). The van der Waals surface area contributed by atoms with Gasteiger partial charge >= 0.3 is 6.03 Å². The molecule has 0 bridgehead atoms. The third-order valence-corrected chi connectivity index (χ3v) is 5.22. The second kappa shape index (κ2) is 6.83.